The number of hydrogen-bond donors (Lipinski definition) is 1. The minimum atomic E-state index is -0.299. The lowest BCUT2D eigenvalue weighted by Gasteiger charge is -2.32. The third-order valence-electron chi connectivity index (χ3n) is 4.02. The van der Waals surface area contributed by atoms with Crippen molar-refractivity contribution in [2.75, 3.05) is 38.6 Å². The number of amides is 3. The summed E-state index contributed by atoms with van der Waals surface area (Å²) >= 11 is 0. The van der Waals surface area contributed by atoms with Crippen molar-refractivity contribution in [3.8, 4) is 5.75 Å². The van der Waals surface area contributed by atoms with Gasteiger partial charge in [0.05, 0.1) is 17.8 Å². The van der Waals surface area contributed by atoms with Gasteiger partial charge in [0.15, 0.2) is 0 Å². The molecular formula is C17H20N4O3. The van der Waals surface area contributed by atoms with Crippen LogP contribution in [0.5, 0.6) is 5.75 Å². The van der Waals surface area contributed by atoms with Crippen LogP contribution in [0, 0.1) is 0 Å². The molecule has 126 valence electrons. The van der Waals surface area contributed by atoms with E-state index in [9.17, 15) is 9.59 Å². The number of urea groups is 1. The third kappa shape index (κ3) is 3.10. The number of pyridine rings is 1. The van der Waals surface area contributed by atoms with E-state index in [2.05, 4.69) is 10.3 Å². The van der Waals surface area contributed by atoms with Crippen LogP contribution in [-0.2, 0) is 4.79 Å². The van der Waals surface area contributed by atoms with E-state index < -0.39 is 0 Å². The number of carbonyl (C=O) groups is 2. The number of piperazine rings is 1. The second kappa shape index (κ2) is 6.74. The van der Waals surface area contributed by atoms with E-state index in [1.807, 2.05) is 25.1 Å². The molecular weight excluding hydrogens is 308 g/mol. The van der Waals surface area contributed by atoms with E-state index in [1.165, 1.54) is 4.90 Å². The summed E-state index contributed by atoms with van der Waals surface area (Å²) in [5.74, 6) is 0.666. The lowest BCUT2D eigenvalue weighted by Crippen LogP contribution is -2.51. The number of likely N-dealkylation sites (N-methyl/N-ethyl adjacent to an activating group) is 1. The summed E-state index contributed by atoms with van der Waals surface area (Å²) in [6.45, 7) is 3.61. The second-order valence-electron chi connectivity index (χ2n) is 5.61. The first-order valence-electron chi connectivity index (χ1n) is 7.90. The monoisotopic (exact) mass is 328 g/mol. The van der Waals surface area contributed by atoms with Crippen molar-refractivity contribution in [2.24, 2.45) is 0 Å². The number of carbonyl (C=O) groups excluding carboxylic acids is 2. The van der Waals surface area contributed by atoms with E-state index in [1.54, 1.807) is 24.2 Å². The summed E-state index contributed by atoms with van der Waals surface area (Å²) in [6, 6.07) is 7.03. The van der Waals surface area contributed by atoms with Gasteiger partial charge in [-0.05, 0) is 31.2 Å². The topological polar surface area (TPSA) is 74.8 Å². The lowest BCUT2D eigenvalue weighted by atomic mass is 10.1. The maximum atomic E-state index is 12.5. The van der Waals surface area contributed by atoms with Crippen molar-refractivity contribution in [3.63, 3.8) is 0 Å². The van der Waals surface area contributed by atoms with Gasteiger partial charge in [-0.15, -0.1) is 0 Å². The highest BCUT2D eigenvalue weighted by molar-refractivity contribution is 6.02. The molecule has 0 spiro atoms. The molecule has 1 aromatic heterocycles. The molecule has 2 aromatic rings. The molecule has 7 nitrogen and oxygen atoms in total. The van der Waals surface area contributed by atoms with Crippen molar-refractivity contribution in [1.29, 1.82) is 0 Å². The molecule has 1 saturated heterocycles. The van der Waals surface area contributed by atoms with Gasteiger partial charge in [0.1, 0.15) is 12.3 Å². The zero-order chi connectivity index (χ0) is 17.1. The number of ether oxygens (including phenoxy) is 1. The Morgan fingerprint density at radius 1 is 1.33 bits per heavy atom. The first-order valence-corrected chi connectivity index (χ1v) is 7.90. The summed E-state index contributed by atoms with van der Waals surface area (Å²) < 4.78 is 5.61. The second-order valence-corrected chi connectivity index (χ2v) is 5.61. The number of benzene rings is 1. The highest BCUT2D eigenvalue weighted by Gasteiger charge is 2.25. The molecule has 0 aliphatic carbocycles. The van der Waals surface area contributed by atoms with Gasteiger partial charge in [0.25, 0.3) is 0 Å². The van der Waals surface area contributed by atoms with E-state index in [-0.39, 0.29) is 18.5 Å². The molecule has 3 rings (SSSR count). The number of nitrogens with one attached hydrogen (secondary N) is 1. The van der Waals surface area contributed by atoms with Gasteiger partial charge < -0.3 is 19.9 Å². The van der Waals surface area contributed by atoms with Crippen LogP contribution >= 0.6 is 0 Å². The predicted molar refractivity (Wildman–Crippen MR) is 91.1 cm³/mol. The van der Waals surface area contributed by atoms with Gasteiger partial charge in [-0.25, -0.2) is 4.79 Å². The maximum absolute atomic E-state index is 12.5. The molecule has 3 amide bonds. The average Bonchev–Trinajstić information content (AvgIpc) is 2.59. The Bertz CT molecular complexity index is 778. The van der Waals surface area contributed by atoms with Crippen LogP contribution in [0.2, 0.25) is 0 Å². The van der Waals surface area contributed by atoms with Gasteiger partial charge in [-0.2, -0.15) is 0 Å². The van der Waals surface area contributed by atoms with Crippen molar-refractivity contribution in [3.05, 3.63) is 30.5 Å². The number of anilines is 1. The van der Waals surface area contributed by atoms with E-state index in [4.69, 9.17) is 4.74 Å². The maximum Gasteiger partial charge on any atom is 0.322 e. The normalized spacial score (nSPS) is 14.8. The van der Waals surface area contributed by atoms with Crippen LogP contribution < -0.4 is 10.1 Å². The molecule has 24 heavy (non-hydrogen) atoms. The fourth-order valence-electron chi connectivity index (χ4n) is 2.65. The summed E-state index contributed by atoms with van der Waals surface area (Å²) in [7, 11) is 1.74. The standard InChI is InChI=1S/C17H20N4O3/c1-3-24-14-7-6-13(16-12(14)5-4-8-18-16)19-17(23)21-10-9-20(2)15(22)11-21/h4-8H,3,9-11H2,1-2H3,(H,19,23). The van der Waals surface area contributed by atoms with Crippen LogP contribution in [0.1, 0.15) is 6.92 Å². The van der Waals surface area contributed by atoms with Gasteiger partial charge >= 0.3 is 6.03 Å². The molecule has 2 heterocycles. The van der Waals surface area contributed by atoms with Gasteiger partial charge in [-0.1, -0.05) is 0 Å². The van der Waals surface area contributed by atoms with E-state index in [0.717, 1.165) is 11.1 Å². The van der Waals surface area contributed by atoms with Crippen molar-refractivity contribution >= 4 is 28.5 Å². The average molecular weight is 328 g/mol. The minimum Gasteiger partial charge on any atom is -0.493 e. The quantitative estimate of drug-likeness (QED) is 0.934. The number of hydrogen-bond acceptors (Lipinski definition) is 4. The van der Waals surface area contributed by atoms with Gasteiger partial charge in [0, 0.05) is 31.7 Å². The smallest absolute Gasteiger partial charge is 0.322 e. The van der Waals surface area contributed by atoms with Gasteiger partial charge in [-0.3, -0.25) is 9.78 Å². The summed E-state index contributed by atoms with van der Waals surface area (Å²) in [4.78, 5) is 31.7. The zero-order valence-electron chi connectivity index (χ0n) is 13.8. The molecule has 0 bridgehead atoms. The molecule has 0 radical (unpaired) electrons. The largest absolute Gasteiger partial charge is 0.493 e. The highest BCUT2D eigenvalue weighted by Crippen LogP contribution is 2.30. The zero-order valence-corrected chi connectivity index (χ0v) is 13.8. The molecule has 7 heteroatoms. The van der Waals surface area contributed by atoms with E-state index in [0.29, 0.717) is 30.9 Å². The Morgan fingerprint density at radius 2 is 2.17 bits per heavy atom. The molecule has 1 aromatic carbocycles. The lowest BCUT2D eigenvalue weighted by molar-refractivity contribution is -0.133. The fraction of sp³-hybridized carbons (Fsp3) is 0.353. The van der Waals surface area contributed by atoms with Crippen molar-refractivity contribution in [1.82, 2.24) is 14.8 Å². The Balaban J connectivity index is 1.84. The first kappa shape index (κ1) is 16.0. The predicted octanol–water partition coefficient (Wildman–Crippen LogP) is 1.94. The summed E-state index contributed by atoms with van der Waals surface area (Å²) in [5, 5.41) is 3.70. The SMILES string of the molecule is CCOc1ccc(NC(=O)N2CCN(C)C(=O)C2)c2ncccc12. The fourth-order valence-corrected chi connectivity index (χ4v) is 2.65. The number of aromatic nitrogens is 1. The molecule has 1 fully saturated rings. The Morgan fingerprint density at radius 3 is 2.92 bits per heavy atom. The van der Waals surface area contributed by atoms with Crippen LogP contribution in [0.15, 0.2) is 30.5 Å². The number of nitrogens with zero attached hydrogens (tertiary/aromatic N) is 3. The highest BCUT2D eigenvalue weighted by atomic mass is 16.5. The molecule has 1 N–H and O–H groups in total. The minimum absolute atomic E-state index is 0.0638. The molecule has 0 atom stereocenters. The van der Waals surface area contributed by atoms with E-state index >= 15 is 0 Å². The third-order valence-corrected chi connectivity index (χ3v) is 4.02. The Kier molecular flexibility index (Phi) is 4.50. The number of rotatable bonds is 3. The Hall–Kier alpha value is -2.83. The molecule has 0 unspecified atom stereocenters. The molecule has 1 aliphatic heterocycles. The van der Waals surface area contributed by atoms with Crippen LogP contribution in [0.25, 0.3) is 10.9 Å². The van der Waals surface area contributed by atoms with Crippen molar-refractivity contribution < 1.29 is 14.3 Å². The number of fused-ring (bicyclic) bond motifs is 1. The summed E-state index contributed by atoms with van der Waals surface area (Å²) in [6.07, 6.45) is 1.67. The van der Waals surface area contributed by atoms with Crippen LogP contribution in [0.4, 0.5) is 10.5 Å². The van der Waals surface area contributed by atoms with Gasteiger partial charge in [0.2, 0.25) is 5.91 Å². The van der Waals surface area contributed by atoms with Crippen molar-refractivity contribution in [2.45, 2.75) is 6.92 Å². The first-order chi connectivity index (χ1) is 11.6. The molecule has 1 aliphatic rings. The Labute approximate surface area is 140 Å². The molecule has 0 saturated carbocycles. The van der Waals surface area contributed by atoms with Crippen LogP contribution in [-0.4, -0.2) is 60.0 Å². The summed E-state index contributed by atoms with van der Waals surface area (Å²) in [5.41, 5.74) is 1.27. The van der Waals surface area contributed by atoms with Crippen LogP contribution in [0.3, 0.4) is 0 Å².